The molecule has 1 amide bonds. The minimum Gasteiger partial charge on any atom is -0.493 e. The lowest BCUT2D eigenvalue weighted by Gasteiger charge is -2.34. The van der Waals surface area contributed by atoms with Crippen LogP contribution in [-0.2, 0) is 4.79 Å². The van der Waals surface area contributed by atoms with Gasteiger partial charge in [-0.1, -0.05) is 12.1 Å². The lowest BCUT2D eigenvalue weighted by Crippen LogP contribution is -2.43. The van der Waals surface area contributed by atoms with E-state index in [0.29, 0.717) is 18.9 Å². The van der Waals surface area contributed by atoms with Crippen LogP contribution in [0.4, 0.5) is 0 Å². The molecule has 2 atom stereocenters. The van der Waals surface area contributed by atoms with Crippen molar-refractivity contribution in [3.8, 4) is 5.75 Å². The predicted molar refractivity (Wildman–Crippen MR) is 82.3 cm³/mol. The summed E-state index contributed by atoms with van der Waals surface area (Å²) in [6, 6.07) is 7.95. The van der Waals surface area contributed by atoms with E-state index in [1.165, 1.54) is 5.56 Å². The van der Waals surface area contributed by atoms with Crippen LogP contribution in [0.2, 0.25) is 0 Å². The van der Waals surface area contributed by atoms with E-state index in [1.807, 2.05) is 36.1 Å². The van der Waals surface area contributed by atoms with Crippen LogP contribution in [-0.4, -0.2) is 43.6 Å². The number of amides is 1. The van der Waals surface area contributed by atoms with Gasteiger partial charge in [-0.3, -0.25) is 4.79 Å². The van der Waals surface area contributed by atoms with Crippen molar-refractivity contribution in [3.05, 3.63) is 29.8 Å². The standard InChI is InChI=1S/C17H24N2O2/c1-13-3-2-4-16(9-13)21-8-6-17(20)19-7-5-14-10-18-11-15(14)12-19/h2-4,9,14-15,18H,5-8,10-12H2,1H3. The number of carbonyl (C=O) groups excluding carboxylic acids is 1. The van der Waals surface area contributed by atoms with Gasteiger partial charge in [-0.25, -0.2) is 0 Å². The summed E-state index contributed by atoms with van der Waals surface area (Å²) in [5.74, 6) is 2.51. The molecule has 0 aliphatic carbocycles. The number of ether oxygens (including phenoxy) is 1. The lowest BCUT2D eigenvalue weighted by molar-refractivity contribution is -0.133. The zero-order valence-electron chi connectivity index (χ0n) is 12.7. The highest BCUT2D eigenvalue weighted by atomic mass is 16.5. The summed E-state index contributed by atoms with van der Waals surface area (Å²) in [7, 11) is 0. The first-order chi connectivity index (χ1) is 10.2. The lowest BCUT2D eigenvalue weighted by atomic mass is 9.88. The summed E-state index contributed by atoms with van der Waals surface area (Å²) < 4.78 is 5.68. The first-order valence-electron chi connectivity index (χ1n) is 7.90. The number of carbonyl (C=O) groups is 1. The minimum atomic E-state index is 0.230. The maximum Gasteiger partial charge on any atom is 0.226 e. The van der Waals surface area contributed by atoms with Crippen molar-refractivity contribution in [2.45, 2.75) is 19.8 Å². The molecule has 0 saturated carbocycles. The van der Waals surface area contributed by atoms with Crippen LogP contribution in [0.15, 0.2) is 24.3 Å². The fraction of sp³-hybridized carbons (Fsp3) is 0.588. The molecule has 2 saturated heterocycles. The molecule has 4 nitrogen and oxygen atoms in total. The monoisotopic (exact) mass is 288 g/mol. The van der Waals surface area contributed by atoms with Gasteiger partial charge in [0.25, 0.3) is 0 Å². The van der Waals surface area contributed by atoms with Crippen molar-refractivity contribution >= 4 is 5.91 Å². The van der Waals surface area contributed by atoms with Gasteiger partial charge in [0.1, 0.15) is 5.75 Å². The molecule has 3 rings (SSSR count). The molecule has 0 radical (unpaired) electrons. The maximum absolute atomic E-state index is 12.3. The van der Waals surface area contributed by atoms with Crippen molar-refractivity contribution < 1.29 is 9.53 Å². The molecule has 21 heavy (non-hydrogen) atoms. The summed E-state index contributed by atoms with van der Waals surface area (Å²) in [4.78, 5) is 14.3. The Morgan fingerprint density at radius 2 is 2.24 bits per heavy atom. The second kappa shape index (κ2) is 6.48. The molecule has 1 aromatic carbocycles. The van der Waals surface area contributed by atoms with Gasteiger partial charge in [0, 0.05) is 13.1 Å². The van der Waals surface area contributed by atoms with E-state index >= 15 is 0 Å². The number of nitrogens with zero attached hydrogens (tertiary/aromatic N) is 1. The number of fused-ring (bicyclic) bond motifs is 1. The summed E-state index contributed by atoms with van der Waals surface area (Å²) in [5, 5.41) is 3.43. The molecule has 2 unspecified atom stereocenters. The van der Waals surface area contributed by atoms with E-state index < -0.39 is 0 Å². The third-order valence-corrected chi connectivity index (χ3v) is 4.63. The first kappa shape index (κ1) is 14.4. The van der Waals surface area contributed by atoms with Crippen molar-refractivity contribution in [3.63, 3.8) is 0 Å². The Bertz CT molecular complexity index is 503. The Kier molecular flexibility index (Phi) is 4.44. The van der Waals surface area contributed by atoms with Gasteiger partial charge in [-0.15, -0.1) is 0 Å². The van der Waals surface area contributed by atoms with E-state index in [-0.39, 0.29) is 5.91 Å². The third kappa shape index (κ3) is 3.56. The van der Waals surface area contributed by atoms with Crippen LogP contribution in [0.25, 0.3) is 0 Å². The molecular weight excluding hydrogens is 264 g/mol. The van der Waals surface area contributed by atoms with Gasteiger partial charge in [0.2, 0.25) is 5.91 Å². The van der Waals surface area contributed by atoms with Crippen LogP contribution < -0.4 is 10.1 Å². The van der Waals surface area contributed by atoms with Crippen molar-refractivity contribution in [2.24, 2.45) is 11.8 Å². The van der Waals surface area contributed by atoms with E-state index in [1.54, 1.807) is 0 Å². The van der Waals surface area contributed by atoms with Crippen LogP contribution >= 0.6 is 0 Å². The van der Waals surface area contributed by atoms with Crippen LogP contribution in [0, 0.1) is 18.8 Å². The summed E-state index contributed by atoms with van der Waals surface area (Å²) >= 11 is 0. The summed E-state index contributed by atoms with van der Waals surface area (Å²) in [5.41, 5.74) is 1.18. The number of nitrogens with one attached hydrogen (secondary N) is 1. The maximum atomic E-state index is 12.3. The number of rotatable bonds is 4. The number of likely N-dealkylation sites (tertiary alicyclic amines) is 1. The van der Waals surface area contributed by atoms with E-state index in [9.17, 15) is 4.79 Å². The van der Waals surface area contributed by atoms with Crippen LogP contribution in [0.3, 0.4) is 0 Å². The fourth-order valence-corrected chi connectivity index (χ4v) is 3.38. The average molecular weight is 288 g/mol. The molecule has 0 bridgehead atoms. The predicted octanol–water partition coefficient (Wildman–Crippen LogP) is 1.83. The second-order valence-electron chi connectivity index (χ2n) is 6.22. The van der Waals surface area contributed by atoms with Gasteiger partial charge in [0.15, 0.2) is 0 Å². The molecular formula is C17H24N2O2. The smallest absolute Gasteiger partial charge is 0.226 e. The van der Waals surface area contributed by atoms with Crippen molar-refractivity contribution in [1.29, 1.82) is 0 Å². The Morgan fingerprint density at radius 1 is 1.38 bits per heavy atom. The van der Waals surface area contributed by atoms with Gasteiger partial charge < -0.3 is 15.0 Å². The molecule has 2 aliphatic rings. The molecule has 2 aliphatic heterocycles. The van der Waals surface area contributed by atoms with Gasteiger partial charge >= 0.3 is 0 Å². The number of piperidine rings is 1. The fourth-order valence-electron chi connectivity index (χ4n) is 3.38. The van der Waals surface area contributed by atoms with Crippen LogP contribution in [0.5, 0.6) is 5.75 Å². The van der Waals surface area contributed by atoms with Crippen molar-refractivity contribution in [2.75, 3.05) is 32.8 Å². The highest BCUT2D eigenvalue weighted by Gasteiger charge is 2.34. The number of benzene rings is 1. The van der Waals surface area contributed by atoms with E-state index in [4.69, 9.17) is 4.74 Å². The summed E-state index contributed by atoms with van der Waals surface area (Å²) in [6.07, 6.45) is 1.61. The molecule has 4 heteroatoms. The molecule has 1 N–H and O–H groups in total. The van der Waals surface area contributed by atoms with Gasteiger partial charge in [-0.2, -0.15) is 0 Å². The summed E-state index contributed by atoms with van der Waals surface area (Å²) in [6.45, 7) is 6.52. The minimum absolute atomic E-state index is 0.230. The second-order valence-corrected chi connectivity index (χ2v) is 6.22. The van der Waals surface area contributed by atoms with E-state index in [2.05, 4.69) is 5.32 Å². The normalized spacial score (nSPS) is 24.7. The highest BCUT2D eigenvalue weighted by Crippen LogP contribution is 2.26. The molecule has 0 spiro atoms. The Labute approximate surface area is 126 Å². The molecule has 2 heterocycles. The number of hydrogen-bond donors (Lipinski definition) is 1. The number of hydrogen-bond acceptors (Lipinski definition) is 3. The number of aryl methyl sites for hydroxylation is 1. The quantitative estimate of drug-likeness (QED) is 0.919. The van der Waals surface area contributed by atoms with Crippen LogP contribution in [0.1, 0.15) is 18.4 Å². The Morgan fingerprint density at radius 3 is 3.10 bits per heavy atom. The Hall–Kier alpha value is -1.55. The SMILES string of the molecule is Cc1cccc(OCCC(=O)N2CCC3CNCC3C2)c1. The largest absolute Gasteiger partial charge is 0.493 e. The molecule has 1 aromatic rings. The van der Waals surface area contributed by atoms with E-state index in [0.717, 1.165) is 44.3 Å². The van der Waals surface area contributed by atoms with Crippen molar-refractivity contribution in [1.82, 2.24) is 10.2 Å². The topological polar surface area (TPSA) is 41.6 Å². The first-order valence-corrected chi connectivity index (χ1v) is 7.90. The molecule has 2 fully saturated rings. The van der Waals surface area contributed by atoms with Gasteiger partial charge in [-0.05, 0) is 56.0 Å². The zero-order chi connectivity index (χ0) is 14.7. The average Bonchev–Trinajstić information content (AvgIpc) is 2.94. The third-order valence-electron chi connectivity index (χ3n) is 4.63. The van der Waals surface area contributed by atoms with Gasteiger partial charge in [0.05, 0.1) is 13.0 Å². The molecule has 114 valence electrons. The zero-order valence-corrected chi connectivity index (χ0v) is 12.7. The molecule has 0 aromatic heterocycles. The Balaban J connectivity index is 1.44. The highest BCUT2D eigenvalue weighted by molar-refractivity contribution is 5.76.